The number of carbonyl (C=O) groups is 1. The summed E-state index contributed by atoms with van der Waals surface area (Å²) in [5, 5.41) is 0. The molecule has 0 N–H and O–H groups in total. The van der Waals surface area contributed by atoms with Crippen molar-refractivity contribution in [1.82, 2.24) is 9.80 Å². The van der Waals surface area contributed by atoms with E-state index in [9.17, 15) is 4.79 Å². The van der Waals surface area contributed by atoms with Gasteiger partial charge in [0.2, 0.25) is 0 Å². The third-order valence-corrected chi connectivity index (χ3v) is 4.44. The first-order valence-electron chi connectivity index (χ1n) is 8.48. The van der Waals surface area contributed by atoms with Gasteiger partial charge in [0, 0.05) is 38.3 Å². The van der Waals surface area contributed by atoms with E-state index in [0.717, 1.165) is 51.6 Å². The molecule has 1 aromatic carbocycles. The van der Waals surface area contributed by atoms with Gasteiger partial charge >= 0.3 is 0 Å². The lowest BCUT2D eigenvalue weighted by molar-refractivity contribution is 0.0342. The molecule has 0 aliphatic carbocycles. The number of hydrogen-bond donors (Lipinski definition) is 0. The Bertz CT molecular complexity index is 512. The number of ether oxygens (including phenoxy) is 2. The van der Waals surface area contributed by atoms with Gasteiger partial charge in [-0.2, -0.15) is 0 Å². The van der Waals surface area contributed by atoms with E-state index in [1.54, 1.807) is 0 Å². The molecule has 0 spiro atoms. The standard InChI is InChI=1S/C18H26N2O3/c1-15-12-20(8-11-23-14-15)18(21)17-4-2-16(3-5-17)13-19-6-9-22-10-7-19/h2-5,15H,6-14H2,1H3. The Morgan fingerprint density at radius 1 is 1.09 bits per heavy atom. The Labute approximate surface area is 138 Å². The molecular weight excluding hydrogens is 292 g/mol. The lowest BCUT2D eigenvalue weighted by Crippen LogP contribution is -2.36. The molecule has 0 saturated carbocycles. The fraction of sp³-hybridized carbons (Fsp3) is 0.611. The molecule has 2 heterocycles. The van der Waals surface area contributed by atoms with Gasteiger partial charge in [-0.05, 0) is 23.6 Å². The molecule has 2 aliphatic rings. The fourth-order valence-corrected chi connectivity index (χ4v) is 3.12. The number of benzene rings is 1. The summed E-state index contributed by atoms with van der Waals surface area (Å²) < 4.78 is 10.9. The Kier molecular flexibility index (Phi) is 5.65. The molecule has 2 saturated heterocycles. The molecule has 0 aromatic heterocycles. The molecule has 3 rings (SSSR count). The second-order valence-electron chi connectivity index (χ2n) is 6.52. The summed E-state index contributed by atoms with van der Waals surface area (Å²) in [6.07, 6.45) is 0. The van der Waals surface area contributed by atoms with Crippen LogP contribution in [-0.2, 0) is 16.0 Å². The first-order valence-corrected chi connectivity index (χ1v) is 8.48. The minimum atomic E-state index is 0.111. The molecule has 1 unspecified atom stereocenters. The molecule has 1 amide bonds. The zero-order valence-corrected chi connectivity index (χ0v) is 13.9. The second-order valence-corrected chi connectivity index (χ2v) is 6.52. The molecule has 1 aromatic rings. The van der Waals surface area contributed by atoms with Gasteiger partial charge in [0.1, 0.15) is 0 Å². The molecule has 2 aliphatic heterocycles. The predicted molar refractivity (Wildman–Crippen MR) is 88.4 cm³/mol. The summed E-state index contributed by atoms with van der Waals surface area (Å²) in [6.45, 7) is 9.44. The largest absolute Gasteiger partial charge is 0.379 e. The van der Waals surface area contributed by atoms with Gasteiger partial charge in [0.25, 0.3) is 5.91 Å². The van der Waals surface area contributed by atoms with Crippen LogP contribution in [-0.4, -0.2) is 68.3 Å². The second kappa shape index (κ2) is 7.90. The van der Waals surface area contributed by atoms with Gasteiger partial charge in [-0.25, -0.2) is 0 Å². The highest BCUT2D eigenvalue weighted by atomic mass is 16.5. The third-order valence-electron chi connectivity index (χ3n) is 4.44. The molecule has 0 bridgehead atoms. The Hall–Kier alpha value is -1.43. The van der Waals surface area contributed by atoms with E-state index in [1.807, 2.05) is 17.0 Å². The lowest BCUT2D eigenvalue weighted by atomic mass is 10.1. The monoisotopic (exact) mass is 318 g/mol. The van der Waals surface area contributed by atoms with Crippen LogP contribution in [0.1, 0.15) is 22.8 Å². The first kappa shape index (κ1) is 16.4. The van der Waals surface area contributed by atoms with Crippen LogP contribution in [0.4, 0.5) is 0 Å². The van der Waals surface area contributed by atoms with Crippen molar-refractivity contribution in [3.63, 3.8) is 0 Å². The van der Waals surface area contributed by atoms with Gasteiger partial charge in [-0.15, -0.1) is 0 Å². The van der Waals surface area contributed by atoms with Gasteiger partial charge in [-0.3, -0.25) is 9.69 Å². The molecular formula is C18H26N2O3. The molecule has 2 fully saturated rings. The van der Waals surface area contributed by atoms with Gasteiger partial charge in [-0.1, -0.05) is 19.1 Å². The van der Waals surface area contributed by atoms with Crippen LogP contribution in [0.5, 0.6) is 0 Å². The van der Waals surface area contributed by atoms with Gasteiger partial charge in [0.05, 0.1) is 26.4 Å². The highest BCUT2D eigenvalue weighted by Gasteiger charge is 2.21. The summed E-state index contributed by atoms with van der Waals surface area (Å²) in [5.41, 5.74) is 2.01. The van der Waals surface area contributed by atoms with Crippen molar-refractivity contribution in [1.29, 1.82) is 0 Å². The van der Waals surface area contributed by atoms with E-state index in [4.69, 9.17) is 9.47 Å². The minimum absolute atomic E-state index is 0.111. The molecule has 0 radical (unpaired) electrons. The number of carbonyl (C=O) groups excluding carboxylic acids is 1. The van der Waals surface area contributed by atoms with E-state index in [1.165, 1.54) is 5.56 Å². The summed E-state index contributed by atoms with van der Waals surface area (Å²) in [6, 6.07) is 8.05. The van der Waals surface area contributed by atoms with E-state index in [-0.39, 0.29) is 5.91 Å². The van der Waals surface area contributed by atoms with Crippen molar-refractivity contribution in [3.05, 3.63) is 35.4 Å². The zero-order chi connectivity index (χ0) is 16.1. The predicted octanol–water partition coefficient (Wildman–Crippen LogP) is 1.63. The Balaban J connectivity index is 1.60. The van der Waals surface area contributed by atoms with Crippen molar-refractivity contribution < 1.29 is 14.3 Å². The van der Waals surface area contributed by atoms with Crippen LogP contribution in [0.15, 0.2) is 24.3 Å². The van der Waals surface area contributed by atoms with Crippen LogP contribution in [0.25, 0.3) is 0 Å². The minimum Gasteiger partial charge on any atom is -0.379 e. The molecule has 126 valence electrons. The maximum Gasteiger partial charge on any atom is 0.253 e. The van der Waals surface area contributed by atoms with Crippen molar-refractivity contribution in [2.24, 2.45) is 5.92 Å². The van der Waals surface area contributed by atoms with E-state index >= 15 is 0 Å². The smallest absolute Gasteiger partial charge is 0.253 e. The van der Waals surface area contributed by atoms with E-state index in [0.29, 0.717) is 19.1 Å². The van der Waals surface area contributed by atoms with Crippen LogP contribution in [0.3, 0.4) is 0 Å². The van der Waals surface area contributed by atoms with Crippen molar-refractivity contribution in [2.45, 2.75) is 13.5 Å². The molecule has 5 nitrogen and oxygen atoms in total. The van der Waals surface area contributed by atoms with Crippen LogP contribution in [0, 0.1) is 5.92 Å². The highest BCUT2D eigenvalue weighted by Crippen LogP contribution is 2.13. The number of rotatable bonds is 3. The van der Waals surface area contributed by atoms with Crippen LogP contribution < -0.4 is 0 Å². The van der Waals surface area contributed by atoms with Crippen molar-refractivity contribution >= 4 is 5.91 Å². The number of amides is 1. The average Bonchev–Trinajstić information content (AvgIpc) is 2.80. The maximum atomic E-state index is 12.6. The van der Waals surface area contributed by atoms with Gasteiger partial charge in [0.15, 0.2) is 0 Å². The quantitative estimate of drug-likeness (QED) is 0.849. The summed E-state index contributed by atoms with van der Waals surface area (Å²) in [4.78, 5) is 16.9. The number of morpholine rings is 1. The molecule has 23 heavy (non-hydrogen) atoms. The SMILES string of the molecule is CC1COCCN(C(=O)c2ccc(CN3CCOCC3)cc2)C1. The van der Waals surface area contributed by atoms with Crippen molar-refractivity contribution in [2.75, 3.05) is 52.6 Å². The van der Waals surface area contributed by atoms with E-state index in [2.05, 4.69) is 24.0 Å². The van der Waals surface area contributed by atoms with E-state index < -0.39 is 0 Å². The average molecular weight is 318 g/mol. The summed E-state index contributed by atoms with van der Waals surface area (Å²) in [5.74, 6) is 0.502. The number of hydrogen-bond acceptors (Lipinski definition) is 4. The first-order chi connectivity index (χ1) is 11.2. The molecule has 5 heteroatoms. The lowest BCUT2D eigenvalue weighted by Gasteiger charge is -2.26. The topological polar surface area (TPSA) is 42.0 Å². The summed E-state index contributed by atoms with van der Waals surface area (Å²) in [7, 11) is 0. The fourth-order valence-electron chi connectivity index (χ4n) is 3.12. The Morgan fingerprint density at radius 3 is 2.52 bits per heavy atom. The normalized spacial score (nSPS) is 23.5. The van der Waals surface area contributed by atoms with Crippen LogP contribution >= 0.6 is 0 Å². The Morgan fingerprint density at radius 2 is 1.78 bits per heavy atom. The zero-order valence-electron chi connectivity index (χ0n) is 13.9. The number of nitrogens with zero attached hydrogens (tertiary/aromatic N) is 2. The van der Waals surface area contributed by atoms with Crippen LogP contribution in [0.2, 0.25) is 0 Å². The summed E-state index contributed by atoms with van der Waals surface area (Å²) >= 11 is 0. The highest BCUT2D eigenvalue weighted by molar-refractivity contribution is 5.94. The van der Waals surface area contributed by atoms with Gasteiger partial charge < -0.3 is 14.4 Å². The molecule has 1 atom stereocenters. The van der Waals surface area contributed by atoms with Crippen molar-refractivity contribution in [3.8, 4) is 0 Å². The maximum absolute atomic E-state index is 12.6. The third kappa shape index (κ3) is 4.53.